The molecule has 0 aromatic carbocycles. The average molecular weight is 226 g/mol. The molecule has 0 aromatic heterocycles. The third-order valence-electron chi connectivity index (χ3n) is 3.95. The Kier molecular flexibility index (Phi) is 4.58. The first-order valence-electron chi connectivity index (χ1n) is 6.56. The number of rotatable bonds is 4. The lowest BCUT2D eigenvalue weighted by atomic mass is 10.1. The van der Waals surface area contributed by atoms with Gasteiger partial charge in [-0.1, -0.05) is 0 Å². The minimum absolute atomic E-state index is 0.674. The lowest BCUT2D eigenvalue weighted by molar-refractivity contribution is 0.194. The molecule has 0 bridgehead atoms. The highest BCUT2D eigenvalue weighted by atomic mass is 15.2. The Bertz CT molecular complexity index is 209. The van der Waals surface area contributed by atoms with Crippen LogP contribution in [0.15, 0.2) is 0 Å². The van der Waals surface area contributed by atoms with E-state index >= 15 is 0 Å². The summed E-state index contributed by atoms with van der Waals surface area (Å²) in [4.78, 5) is 4.89. The van der Waals surface area contributed by atoms with E-state index in [1.54, 1.807) is 0 Å². The van der Waals surface area contributed by atoms with Gasteiger partial charge in [-0.25, -0.2) is 0 Å². The summed E-state index contributed by atoms with van der Waals surface area (Å²) in [6.07, 6.45) is 1.36. The largest absolute Gasteiger partial charge is 0.315 e. The van der Waals surface area contributed by atoms with E-state index in [9.17, 15) is 0 Å². The molecular weight excluding hydrogens is 200 g/mol. The standard InChI is InChI=1S/C12H26N4/c1-15-5-3-11(10-15)7-14-9-12-8-13-4-6-16(12)2/h11-14H,3-10H2,1-2H3. The van der Waals surface area contributed by atoms with Gasteiger partial charge in [-0.2, -0.15) is 0 Å². The van der Waals surface area contributed by atoms with E-state index in [1.807, 2.05) is 0 Å². The molecule has 0 amide bonds. The Morgan fingerprint density at radius 2 is 2.12 bits per heavy atom. The van der Waals surface area contributed by atoms with Crippen LogP contribution in [0, 0.1) is 5.92 Å². The van der Waals surface area contributed by atoms with E-state index in [4.69, 9.17) is 0 Å². The van der Waals surface area contributed by atoms with Gasteiger partial charge in [-0.3, -0.25) is 4.90 Å². The molecule has 2 unspecified atom stereocenters. The van der Waals surface area contributed by atoms with E-state index in [2.05, 4.69) is 34.5 Å². The summed E-state index contributed by atoms with van der Waals surface area (Å²) >= 11 is 0. The van der Waals surface area contributed by atoms with Crippen LogP contribution in [-0.4, -0.2) is 75.8 Å². The van der Waals surface area contributed by atoms with E-state index in [-0.39, 0.29) is 0 Å². The molecule has 4 nitrogen and oxygen atoms in total. The molecule has 2 aliphatic heterocycles. The Labute approximate surface area is 99.4 Å². The molecule has 2 rings (SSSR count). The van der Waals surface area contributed by atoms with Gasteiger partial charge >= 0.3 is 0 Å². The first-order valence-corrected chi connectivity index (χ1v) is 6.56. The number of nitrogens with one attached hydrogen (secondary N) is 2. The lowest BCUT2D eigenvalue weighted by Crippen LogP contribution is -2.53. The highest BCUT2D eigenvalue weighted by Crippen LogP contribution is 2.12. The molecule has 2 aliphatic rings. The molecule has 0 aromatic rings. The van der Waals surface area contributed by atoms with Crippen molar-refractivity contribution < 1.29 is 0 Å². The molecule has 16 heavy (non-hydrogen) atoms. The van der Waals surface area contributed by atoms with Crippen molar-refractivity contribution in [3.05, 3.63) is 0 Å². The van der Waals surface area contributed by atoms with Crippen LogP contribution in [0.25, 0.3) is 0 Å². The predicted octanol–water partition coefficient (Wildman–Crippen LogP) is -0.569. The first kappa shape index (κ1) is 12.3. The van der Waals surface area contributed by atoms with Gasteiger partial charge in [0.15, 0.2) is 0 Å². The molecule has 2 fully saturated rings. The van der Waals surface area contributed by atoms with Crippen molar-refractivity contribution in [1.29, 1.82) is 0 Å². The molecule has 4 heteroatoms. The van der Waals surface area contributed by atoms with Crippen molar-refractivity contribution in [3.8, 4) is 0 Å². The fourth-order valence-electron chi connectivity index (χ4n) is 2.74. The highest BCUT2D eigenvalue weighted by molar-refractivity contribution is 4.81. The molecule has 2 N–H and O–H groups in total. The Morgan fingerprint density at radius 1 is 1.25 bits per heavy atom. The smallest absolute Gasteiger partial charge is 0.0342 e. The molecule has 94 valence electrons. The zero-order chi connectivity index (χ0) is 11.4. The summed E-state index contributed by atoms with van der Waals surface area (Å²) < 4.78 is 0. The zero-order valence-corrected chi connectivity index (χ0v) is 10.7. The van der Waals surface area contributed by atoms with E-state index in [1.165, 1.54) is 32.6 Å². The van der Waals surface area contributed by atoms with Crippen molar-refractivity contribution in [2.24, 2.45) is 5.92 Å². The van der Waals surface area contributed by atoms with Crippen LogP contribution < -0.4 is 10.6 Å². The third-order valence-corrected chi connectivity index (χ3v) is 3.95. The van der Waals surface area contributed by atoms with E-state index in [0.29, 0.717) is 6.04 Å². The van der Waals surface area contributed by atoms with Crippen LogP contribution in [0.3, 0.4) is 0 Å². The minimum Gasteiger partial charge on any atom is -0.315 e. The van der Waals surface area contributed by atoms with Crippen molar-refractivity contribution in [2.75, 3.05) is 59.9 Å². The highest BCUT2D eigenvalue weighted by Gasteiger charge is 2.21. The summed E-state index contributed by atoms with van der Waals surface area (Å²) in [6.45, 7) is 8.31. The lowest BCUT2D eigenvalue weighted by Gasteiger charge is -2.33. The monoisotopic (exact) mass is 226 g/mol. The van der Waals surface area contributed by atoms with Crippen LogP contribution in [0.4, 0.5) is 0 Å². The summed E-state index contributed by atoms with van der Waals surface area (Å²) in [7, 11) is 4.45. The zero-order valence-electron chi connectivity index (χ0n) is 10.7. The second-order valence-electron chi connectivity index (χ2n) is 5.41. The Hall–Kier alpha value is -0.160. The molecule has 2 atom stereocenters. The third kappa shape index (κ3) is 3.42. The van der Waals surface area contributed by atoms with Gasteiger partial charge in [-0.15, -0.1) is 0 Å². The maximum atomic E-state index is 3.64. The molecular formula is C12H26N4. The number of likely N-dealkylation sites (N-methyl/N-ethyl adjacent to an activating group) is 1. The number of hydrogen-bond donors (Lipinski definition) is 2. The number of piperazine rings is 1. The topological polar surface area (TPSA) is 30.5 Å². The van der Waals surface area contributed by atoms with Crippen molar-refractivity contribution in [1.82, 2.24) is 20.4 Å². The normalized spacial score (nSPS) is 33.4. The second-order valence-corrected chi connectivity index (χ2v) is 5.41. The summed E-state index contributed by atoms with van der Waals surface area (Å²) in [5, 5.41) is 7.10. The van der Waals surface area contributed by atoms with Gasteiger partial charge in [0, 0.05) is 38.8 Å². The fraction of sp³-hybridized carbons (Fsp3) is 1.00. The molecule has 2 saturated heterocycles. The van der Waals surface area contributed by atoms with Crippen molar-refractivity contribution >= 4 is 0 Å². The molecule has 0 saturated carbocycles. The van der Waals surface area contributed by atoms with Gasteiger partial charge < -0.3 is 15.5 Å². The van der Waals surface area contributed by atoms with Crippen LogP contribution >= 0.6 is 0 Å². The van der Waals surface area contributed by atoms with Crippen molar-refractivity contribution in [2.45, 2.75) is 12.5 Å². The van der Waals surface area contributed by atoms with Crippen LogP contribution in [0.2, 0.25) is 0 Å². The van der Waals surface area contributed by atoms with Crippen LogP contribution in [0.5, 0.6) is 0 Å². The quantitative estimate of drug-likeness (QED) is 0.672. The minimum atomic E-state index is 0.674. The molecule has 0 spiro atoms. The maximum absolute atomic E-state index is 3.64. The Balaban J connectivity index is 1.60. The van der Waals surface area contributed by atoms with E-state index in [0.717, 1.165) is 25.6 Å². The fourth-order valence-corrected chi connectivity index (χ4v) is 2.74. The van der Waals surface area contributed by atoms with Gasteiger partial charge in [0.1, 0.15) is 0 Å². The first-order chi connectivity index (χ1) is 7.75. The predicted molar refractivity (Wildman–Crippen MR) is 67.8 cm³/mol. The number of nitrogens with zero attached hydrogens (tertiary/aromatic N) is 2. The summed E-state index contributed by atoms with van der Waals surface area (Å²) in [5.41, 5.74) is 0. The Morgan fingerprint density at radius 3 is 2.81 bits per heavy atom. The second kappa shape index (κ2) is 5.96. The number of hydrogen-bond acceptors (Lipinski definition) is 4. The summed E-state index contributed by atoms with van der Waals surface area (Å²) in [6, 6.07) is 0.674. The molecule has 0 aliphatic carbocycles. The van der Waals surface area contributed by atoms with E-state index < -0.39 is 0 Å². The van der Waals surface area contributed by atoms with Gasteiger partial charge in [0.25, 0.3) is 0 Å². The van der Waals surface area contributed by atoms with Gasteiger partial charge in [-0.05, 0) is 39.5 Å². The van der Waals surface area contributed by atoms with Gasteiger partial charge in [0.05, 0.1) is 0 Å². The van der Waals surface area contributed by atoms with Crippen LogP contribution in [0.1, 0.15) is 6.42 Å². The van der Waals surface area contributed by atoms with Crippen molar-refractivity contribution in [3.63, 3.8) is 0 Å². The van der Waals surface area contributed by atoms with Crippen LogP contribution in [-0.2, 0) is 0 Å². The summed E-state index contributed by atoms with van der Waals surface area (Å²) in [5.74, 6) is 0.867. The maximum Gasteiger partial charge on any atom is 0.0342 e. The molecule has 2 heterocycles. The molecule has 0 radical (unpaired) electrons. The SMILES string of the molecule is CN1CCC(CNCC2CNCCN2C)C1. The average Bonchev–Trinajstić information content (AvgIpc) is 2.67. The van der Waals surface area contributed by atoms with Gasteiger partial charge in [0.2, 0.25) is 0 Å². The number of likely N-dealkylation sites (tertiary alicyclic amines) is 1.